The molecule has 4 nitrogen and oxygen atoms in total. The maximum atomic E-state index is 12.7. The Morgan fingerprint density at radius 1 is 1.00 bits per heavy atom. The van der Waals surface area contributed by atoms with Crippen molar-refractivity contribution in [2.75, 3.05) is 0 Å². The zero-order valence-electron chi connectivity index (χ0n) is 10.4. The number of carbonyl (C=O) groups excluding carboxylic acids is 2. The fourth-order valence-electron chi connectivity index (χ4n) is 1.64. The van der Waals surface area contributed by atoms with Crippen LogP contribution in [0.5, 0.6) is 0 Å². The van der Waals surface area contributed by atoms with Crippen LogP contribution in [0.4, 0.5) is 4.39 Å². The van der Waals surface area contributed by atoms with Crippen molar-refractivity contribution in [3.05, 3.63) is 71.5 Å². The third kappa shape index (κ3) is 3.27. The number of benzene rings is 2. The first-order valence-corrected chi connectivity index (χ1v) is 5.91. The van der Waals surface area contributed by atoms with Crippen LogP contribution in [0.3, 0.4) is 0 Å². The quantitative estimate of drug-likeness (QED) is 0.896. The third-order valence-corrected chi connectivity index (χ3v) is 2.71. The molecular weight excluding hydrogens is 261 g/mol. The van der Waals surface area contributed by atoms with Crippen LogP contribution < -0.4 is 5.32 Å². The molecule has 2 N–H and O–H groups in total. The first-order chi connectivity index (χ1) is 9.58. The normalized spacial score (nSPS) is 11.7. The van der Waals surface area contributed by atoms with Gasteiger partial charge >= 0.3 is 0 Å². The monoisotopic (exact) mass is 273 g/mol. The van der Waals surface area contributed by atoms with E-state index in [4.69, 9.17) is 0 Å². The Hall–Kier alpha value is -2.53. The Labute approximate surface area is 114 Å². The molecule has 0 radical (unpaired) electrons. The van der Waals surface area contributed by atoms with Gasteiger partial charge in [-0.25, -0.2) is 4.39 Å². The molecule has 0 heterocycles. The number of amides is 2. The Morgan fingerprint density at radius 2 is 1.60 bits per heavy atom. The molecule has 0 saturated heterocycles. The SMILES string of the molecule is O=C(NC(=O)[C@H](O)c1ccc(F)cc1)c1ccccc1. The fourth-order valence-corrected chi connectivity index (χ4v) is 1.64. The van der Waals surface area contributed by atoms with Crippen molar-refractivity contribution < 1.29 is 19.1 Å². The van der Waals surface area contributed by atoms with Crippen molar-refractivity contribution in [3.8, 4) is 0 Å². The van der Waals surface area contributed by atoms with Gasteiger partial charge in [0.2, 0.25) is 0 Å². The number of halogens is 1. The predicted octanol–water partition coefficient (Wildman–Crippen LogP) is 1.82. The van der Waals surface area contributed by atoms with E-state index in [1.807, 2.05) is 0 Å². The van der Waals surface area contributed by atoms with E-state index in [1.54, 1.807) is 30.3 Å². The zero-order valence-corrected chi connectivity index (χ0v) is 10.4. The molecule has 0 aliphatic carbocycles. The lowest BCUT2D eigenvalue weighted by molar-refractivity contribution is -0.128. The lowest BCUT2D eigenvalue weighted by atomic mass is 10.1. The summed E-state index contributed by atoms with van der Waals surface area (Å²) in [6, 6.07) is 13.0. The molecule has 0 aliphatic heterocycles. The van der Waals surface area contributed by atoms with E-state index in [-0.39, 0.29) is 5.56 Å². The molecule has 2 aromatic carbocycles. The second kappa shape index (κ2) is 6.08. The number of aliphatic hydroxyl groups is 1. The number of nitrogens with one attached hydrogen (secondary N) is 1. The summed E-state index contributed by atoms with van der Waals surface area (Å²) < 4.78 is 12.7. The molecule has 102 valence electrons. The largest absolute Gasteiger partial charge is 0.378 e. The average Bonchev–Trinajstić information content (AvgIpc) is 2.48. The predicted molar refractivity (Wildman–Crippen MR) is 70.3 cm³/mol. The Bertz CT molecular complexity index is 611. The molecule has 0 aromatic heterocycles. The minimum Gasteiger partial charge on any atom is -0.378 e. The summed E-state index contributed by atoms with van der Waals surface area (Å²) in [6.07, 6.45) is -1.52. The highest BCUT2D eigenvalue weighted by Crippen LogP contribution is 2.13. The Balaban J connectivity index is 2.05. The van der Waals surface area contributed by atoms with Gasteiger partial charge in [0.25, 0.3) is 11.8 Å². The molecule has 2 aromatic rings. The summed E-state index contributed by atoms with van der Waals surface area (Å²) in [7, 11) is 0. The van der Waals surface area contributed by atoms with Gasteiger partial charge in [0, 0.05) is 5.56 Å². The molecule has 20 heavy (non-hydrogen) atoms. The van der Waals surface area contributed by atoms with E-state index in [0.29, 0.717) is 5.56 Å². The van der Waals surface area contributed by atoms with Gasteiger partial charge < -0.3 is 5.11 Å². The number of rotatable bonds is 3. The first kappa shape index (κ1) is 13.9. The van der Waals surface area contributed by atoms with Gasteiger partial charge in [0.1, 0.15) is 5.82 Å². The summed E-state index contributed by atoms with van der Waals surface area (Å²) in [5, 5.41) is 11.9. The number of carbonyl (C=O) groups is 2. The number of aliphatic hydroxyl groups excluding tert-OH is 1. The van der Waals surface area contributed by atoms with Crippen LogP contribution in [0.25, 0.3) is 0 Å². The second-order valence-corrected chi connectivity index (χ2v) is 4.14. The second-order valence-electron chi connectivity index (χ2n) is 4.14. The van der Waals surface area contributed by atoms with Crippen molar-refractivity contribution in [1.29, 1.82) is 0 Å². The van der Waals surface area contributed by atoms with Gasteiger partial charge in [-0.1, -0.05) is 30.3 Å². The minimum atomic E-state index is -1.52. The van der Waals surface area contributed by atoms with Crippen LogP contribution in [0.2, 0.25) is 0 Å². The van der Waals surface area contributed by atoms with Gasteiger partial charge in [0.15, 0.2) is 6.10 Å². The highest BCUT2D eigenvalue weighted by Gasteiger charge is 2.20. The average molecular weight is 273 g/mol. The summed E-state index contributed by atoms with van der Waals surface area (Å²) in [6.45, 7) is 0. The van der Waals surface area contributed by atoms with Crippen LogP contribution in [0, 0.1) is 5.82 Å². The van der Waals surface area contributed by atoms with E-state index < -0.39 is 23.7 Å². The van der Waals surface area contributed by atoms with Crippen LogP contribution in [0.1, 0.15) is 22.0 Å². The van der Waals surface area contributed by atoms with Gasteiger partial charge in [-0.15, -0.1) is 0 Å². The molecular formula is C15H12FNO3. The molecule has 2 amide bonds. The highest BCUT2D eigenvalue weighted by molar-refractivity contribution is 6.05. The lowest BCUT2D eigenvalue weighted by Crippen LogP contribution is -2.34. The summed E-state index contributed by atoms with van der Waals surface area (Å²) in [5.41, 5.74) is 0.525. The number of imide groups is 1. The van der Waals surface area contributed by atoms with Crippen LogP contribution in [-0.4, -0.2) is 16.9 Å². The van der Waals surface area contributed by atoms with Crippen LogP contribution in [-0.2, 0) is 4.79 Å². The Kier molecular flexibility index (Phi) is 4.22. The summed E-state index contributed by atoms with van der Waals surface area (Å²) >= 11 is 0. The zero-order chi connectivity index (χ0) is 14.5. The van der Waals surface area contributed by atoms with Crippen molar-refractivity contribution in [2.24, 2.45) is 0 Å². The number of hydrogen-bond donors (Lipinski definition) is 2. The van der Waals surface area contributed by atoms with Crippen molar-refractivity contribution in [2.45, 2.75) is 6.10 Å². The number of hydrogen-bond acceptors (Lipinski definition) is 3. The highest BCUT2D eigenvalue weighted by atomic mass is 19.1. The van der Waals surface area contributed by atoms with Crippen LogP contribution >= 0.6 is 0 Å². The first-order valence-electron chi connectivity index (χ1n) is 5.91. The third-order valence-electron chi connectivity index (χ3n) is 2.71. The van der Waals surface area contributed by atoms with Gasteiger partial charge in [-0.2, -0.15) is 0 Å². The fraction of sp³-hybridized carbons (Fsp3) is 0.0667. The molecule has 0 saturated carbocycles. The molecule has 5 heteroatoms. The molecule has 0 fully saturated rings. The van der Waals surface area contributed by atoms with E-state index in [2.05, 4.69) is 5.32 Å². The smallest absolute Gasteiger partial charge is 0.260 e. The van der Waals surface area contributed by atoms with E-state index in [9.17, 15) is 19.1 Å². The minimum absolute atomic E-state index is 0.213. The molecule has 0 unspecified atom stereocenters. The van der Waals surface area contributed by atoms with Gasteiger partial charge in [-0.05, 0) is 29.8 Å². The van der Waals surface area contributed by atoms with Crippen LogP contribution in [0.15, 0.2) is 54.6 Å². The summed E-state index contributed by atoms with van der Waals surface area (Å²) in [4.78, 5) is 23.5. The molecule has 0 spiro atoms. The molecule has 2 rings (SSSR count). The molecule has 1 atom stereocenters. The van der Waals surface area contributed by atoms with Crippen molar-refractivity contribution in [1.82, 2.24) is 5.32 Å². The van der Waals surface area contributed by atoms with Gasteiger partial charge in [-0.3, -0.25) is 14.9 Å². The Morgan fingerprint density at radius 3 is 2.20 bits per heavy atom. The van der Waals surface area contributed by atoms with E-state index >= 15 is 0 Å². The van der Waals surface area contributed by atoms with Crippen molar-refractivity contribution in [3.63, 3.8) is 0 Å². The molecule has 0 aliphatic rings. The standard InChI is InChI=1S/C15H12FNO3/c16-12-8-6-10(7-9-12)13(18)15(20)17-14(19)11-4-2-1-3-5-11/h1-9,13,18H,(H,17,19,20)/t13-/m1/s1. The summed E-state index contributed by atoms with van der Waals surface area (Å²) in [5.74, 6) is -1.93. The topological polar surface area (TPSA) is 66.4 Å². The molecule has 0 bridgehead atoms. The van der Waals surface area contributed by atoms with E-state index in [0.717, 1.165) is 12.1 Å². The van der Waals surface area contributed by atoms with Gasteiger partial charge in [0.05, 0.1) is 0 Å². The van der Waals surface area contributed by atoms with E-state index in [1.165, 1.54) is 12.1 Å². The maximum absolute atomic E-state index is 12.7. The lowest BCUT2D eigenvalue weighted by Gasteiger charge is -2.10. The maximum Gasteiger partial charge on any atom is 0.260 e. The van der Waals surface area contributed by atoms with Crippen molar-refractivity contribution >= 4 is 11.8 Å².